The summed E-state index contributed by atoms with van der Waals surface area (Å²) in [5, 5.41) is 10.4. The molecule has 0 aliphatic heterocycles. The van der Waals surface area contributed by atoms with Crippen LogP contribution in [0.2, 0.25) is 0 Å². The highest BCUT2D eigenvalue weighted by atomic mass is 19.1. The molecule has 0 heterocycles. The van der Waals surface area contributed by atoms with Crippen LogP contribution < -0.4 is 4.74 Å². The van der Waals surface area contributed by atoms with E-state index in [0.29, 0.717) is 25.3 Å². The third-order valence-corrected chi connectivity index (χ3v) is 4.23. The van der Waals surface area contributed by atoms with Gasteiger partial charge in [-0.15, -0.1) is 0 Å². The molecule has 0 fully saturated rings. The molecule has 0 saturated heterocycles. The molecule has 4 nitrogen and oxygen atoms in total. The molecule has 2 aromatic rings. The zero-order valence-electron chi connectivity index (χ0n) is 15.8. The molecule has 148 valence electrons. The normalized spacial score (nSPS) is 12.4. The van der Waals surface area contributed by atoms with Crippen molar-refractivity contribution in [1.29, 1.82) is 0 Å². The van der Waals surface area contributed by atoms with Crippen molar-refractivity contribution in [3.8, 4) is 5.75 Å². The Morgan fingerprint density at radius 2 is 1.93 bits per heavy atom. The van der Waals surface area contributed by atoms with Gasteiger partial charge in [0.1, 0.15) is 30.1 Å². The highest BCUT2D eigenvalue weighted by molar-refractivity contribution is 5.31. The molecule has 0 aromatic heterocycles. The molecule has 0 aliphatic rings. The third-order valence-electron chi connectivity index (χ3n) is 4.23. The summed E-state index contributed by atoms with van der Waals surface area (Å²) in [7, 11) is 1.62. The van der Waals surface area contributed by atoms with Gasteiger partial charge in [0.25, 0.3) is 0 Å². The van der Waals surface area contributed by atoms with Crippen molar-refractivity contribution in [3.63, 3.8) is 0 Å². The standard InChI is InChI=1S/C21H27F2NO3/c1-16-6-3-4-7-21(16)27-15-19(25)14-24(10-5-11-26-2)13-17-8-9-18(22)12-20(17)23/h3-4,6-9,12,19,25H,5,10-11,13-15H2,1-2H3/t19-/m0/s1. The summed E-state index contributed by atoms with van der Waals surface area (Å²) in [5.74, 6) is -0.460. The van der Waals surface area contributed by atoms with Crippen LogP contribution in [0.15, 0.2) is 42.5 Å². The highest BCUT2D eigenvalue weighted by Crippen LogP contribution is 2.17. The van der Waals surface area contributed by atoms with E-state index in [1.807, 2.05) is 36.1 Å². The molecule has 0 bridgehead atoms. The largest absolute Gasteiger partial charge is 0.491 e. The van der Waals surface area contributed by atoms with Crippen molar-refractivity contribution in [1.82, 2.24) is 4.90 Å². The van der Waals surface area contributed by atoms with Crippen LogP contribution in [0.5, 0.6) is 5.75 Å². The zero-order chi connectivity index (χ0) is 19.6. The second-order valence-electron chi connectivity index (χ2n) is 6.55. The maximum atomic E-state index is 14.0. The number of aliphatic hydroxyl groups excluding tert-OH is 1. The number of hydrogen-bond acceptors (Lipinski definition) is 4. The maximum absolute atomic E-state index is 14.0. The molecule has 0 spiro atoms. The van der Waals surface area contributed by atoms with Crippen LogP contribution >= 0.6 is 0 Å². The first-order valence-corrected chi connectivity index (χ1v) is 9.01. The molecule has 1 N–H and O–H groups in total. The van der Waals surface area contributed by atoms with Gasteiger partial charge in [-0.05, 0) is 31.0 Å². The van der Waals surface area contributed by atoms with Crippen LogP contribution in [0, 0.1) is 18.6 Å². The molecular weight excluding hydrogens is 352 g/mol. The Labute approximate surface area is 159 Å². The third kappa shape index (κ3) is 7.25. The molecule has 27 heavy (non-hydrogen) atoms. The lowest BCUT2D eigenvalue weighted by Gasteiger charge is -2.25. The average Bonchev–Trinajstić information content (AvgIpc) is 2.63. The van der Waals surface area contributed by atoms with Crippen molar-refractivity contribution >= 4 is 0 Å². The molecule has 0 saturated carbocycles. The van der Waals surface area contributed by atoms with Gasteiger partial charge in [0, 0.05) is 45.0 Å². The van der Waals surface area contributed by atoms with Crippen LogP contribution in [-0.4, -0.2) is 49.5 Å². The Kier molecular flexibility index (Phi) is 8.64. The van der Waals surface area contributed by atoms with E-state index in [4.69, 9.17) is 9.47 Å². The van der Waals surface area contributed by atoms with Crippen molar-refractivity contribution in [3.05, 3.63) is 65.2 Å². The Morgan fingerprint density at radius 1 is 1.15 bits per heavy atom. The van der Waals surface area contributed by atoms with Gasteiger partial charge in [-0.25, -0.2) is 8.78 Å². The molecule has 6 heteroatoms. The molecule has 0 amide bonds. The minimum atomic E-state index is -0.740. The van der Waals surface area contributed by atoms with Gasteiger partial charge in [0.05, 0.1) is 0 Å². The number of para-hydroxylation sites is 1. The summed E-state index contributed by atoms with van der Waals surface area (Å²) >= 11 is 0. The minimum Gasteiger partial charge on any atom is -0.491 e. The summed E-state index contributed by atoms with van der Waals surface area (Å²) in [4.78, 5) is 1.92. The van der Waals surface area contributed by atoms with Crippen molar-refractivity contribution in [2.24, 2.45) is 0 Å². The molecule has 2 aromatic carbocycles. The first-order valence-electron chi connectivity index (χ1n) is 9.01. The number of methoxy groups -OCH3 is 1. The molecule has 1 atom stereocenters. The predicted octanol–water partition coefficient (Wildman–Crippen LogP) is 3.55. The number of hydrogen-bond donors (Lipinski definition) is 1. The first-order chi connectivity index (χ1) is 13.0. The van der Waals surface area contributed by atoms with E-state index < -0.39 is 17.7 Å². The van der Waals surface area contributed by atoms with Crippen LogP contribution in [0.3, 0.4) is 0 Å². The summed E-state index contributed by atoms with van der Waals surface area (Å²) in [6.45, 7) is 3.85. The number of aryl methyl sites for hydroxylation is 1. The van der Waals surface area contributed by atoms with Crippen LogP contribution in [0.4, 0.5) is 8.78 Å². The van der Waals surface area contributed by atoms with E-state index in [-0.39, 0.29) is 13.2 Å². The average molecular weight is 379 g/mol. The number of benzene rings is 2. The van der Waals surface area contributed by atoms with Gasteiger partial charge in [0.2, 0.25) is 0 Å². The van der Waals surface area contributed by atoms with Crippen LogP contribution in [0.1, 0.15) is 17.5 Å². The quantitative estimate of drug-likeness (QED) is 0.607. The van der Waals surface area contributed by atoms with E-state index >= 15 is 0 Å². The Bertz CT molecular complexity index is 712. The smallest absolute Gasteiger partial charge is 0.130 e. The van der Waals surface area contributed by atoms with Crippen LogP contribution in [0.25, 0.3) is 0 Å². The topological polar surface area (TPSA) is 41.9 Å². The fourth-order valence-corrected chi connectivity index (χ4v) is 2.81. The van der Waals surface area contributed by atoms with E-state index in [1.54, 1.807) is 7.11 Å². The van der Waals surface area contributed by atoms with E-state index in [1.165, 1.54) is 12.1 Å². The monoisotopic (exact) mass is 379 g/mol. The van der Waals surface area contributed by atoms with Crippen molar-refractivity contribution in [2.45, 2.75) is 26.0 Å². The lowest BCUT2D eigenvalue weighted by atomic mass is 10.1. The summed E-state index contributed by atoms with van der Waals surface area (Å²) in [6.07, 6.45) is 0.000629. The molecule has 0 radical (unpaired) electrons. The first kappa shape index (κ1) is 21.3. The number of aliphatic hydroxyl groups is 1. The van der Waals surface area contributed by atoms with Gasteiger partial charge in [-0.3, -0.25) is 4.90 Å². The number of rotatable bonds is 11. The second-order valence-corrected chi connectivity index (χ2v) is 6.55. The Balaban J connectivity index is 1.94. The predicted molar refractivity (Wildman–Crippen MR) is 101 cm³/mol. The van der Waals surface area contributed by atoms with E-state index in [2.05, 4.69) is 0 Å². The van der Waals surface area contributed by atoms with Gasteiger partial charge >= 0.3 is 0 Å². The summed E-state index contributed by atoms with van der Waals surface area (Å²) in [6, 6.07) is 11.1. The lowest BCUT2D eigenvalue weighted by molar-refractivity contribution is 0.0611. The molecular formula is C21H27F2NO3. The molecule has 0 aliphatic carbocycles. The fraction of sp³-hybridized carbons (Fsp3) is 0.429. The summed E-state index contributed by atoms with van der Waals surface area (Å²) < 4.78 is 37.8. The number of halogens is 2. The highest BCUT2D eigenvalue weighted by Gasteiger charge is 2.15. The molecule has 2 rings (SSSR count). The van der Waals surface area contributed by atoms with Crippen LogP contribution in [-0.2, 0) is 11.3 Å². The SMILES string of the molecule is COCCCN(Cc1ccc(F)cc1F)C[C@H](O)COc1ccccc1C. The summed E-state index contributed by atoms with van der Waals surface area (Å²) in [5.41, 5.74) is 1.39. The second kappa shape index (κ2) is 11.0. The van der Waals surface area contributed by atoms with E-state index in [0.717, 1.165) is 23.8 Å². The lowest BCUT2D eigenvalue weighted by Crippen LogP contribution is -2.36. The van der Waals surface area contributed by atoms with Gasteiger partial charge in [-0.1, -0.05) is 24.3 Å². The number of ether oxygens (including phenoxy) is 2. The van der Waals surface area contributed by atoms with Gasteiger partial charge < -0.3 is 14.6 Å². The fourth-order valence-electron chi connectivity index (χ4n) is 2.81. The minimum absolute atomic E-state index is 0.136. The maximum Gasteiger partial charge on any atom is 0.130 e. The zero-order valence-corrected chi connectivity index (χ0v) is 15.8. The van der Waals surface area contributed by atoms with Crippen molar-refractivity contribution in [2.75, 3.05) is 33.4 Å². The molecule has 0 unspecified atom stereocenters. The van der Waals surface area contributed by atoms with Gasteiger partial charge in [-0.2, -0.15) is 0 Å². The Hall–Kier alpha value is -2.02. The van der Waals surface area contributed by atoms with E-state index in [9.17, 15) is 13.9 Å². The number of nitrogens with zero attached hydrogens (tertiary/aromatic N) is 1. The Morgan fingerprint density at radius 3 is 2.63 bits per heavy atom. The van der Waals surface area contributed by atoms with Crippen molar-refractivity contribution < 1.29 is 23.4 Å². The van der Waals surface area contributed by atoms with Gasteiger partial charge in [0.15, 0.2) is 0 Å².